The van der Waals surface area contributed by atoms with Crippen molar-refractivity contribution in [2.24, 2.45) is 0 Å². The van der Waals surface area contributed by atoms with Crippen molar-refractivity contribution in [3.63, 3.8) is 0 Å². The number of carboxylic acid groups (broad SMARTS) is 1. The van der Waals surface area contributed by atoms with Crippen LogP contribution < -0.4 is 15.5 Å². The first kappa shape index (κ1) is 16.5. The Morgan fingerprint density at radius 2 is 2.17 bits per heavy atom. The second-order valence-corrected chi connectivity index (χ2v) is 5.11. The number of carbonyl (C=O) groups is 2. The van der Waals surface area contributed by atoms with Crippen LogP contribution in [0.15, 0.2) is 12.1 Å². The molecule has 1 aliphatic rings. The fraction of sp³-hybridized carbons (Fsp3) is 0.385. The molecule has 1 fully saturated rings. The first-order valence-corrected chi connectivity index (χ1v) is 6.78. The van der Waals surface area contributed by atoms with E-state index in [-0.39, 0.29) is 23.6 Å². The molecule has 2 amide bonds. The van der Waals surface area contributed by atoms with E-state index in [0.29, 0.717) is 13.0 Å². The zero-order valence-electron chi connectivity index (χ0n) is 12.2. The number of carbonyl (C=O) groups excluding carboxylic acids is 1. The van der Waals surface area contributed by atoms with E-state index in [1.165, 1.54) is 11.8 Å². The van der Waals surface area contributed by atoms with Gasteiger partial charge in [-0.15, -0.1) is 0 Å². The third kappa shape index (κ3) is 3.65. The van der Waals surface area contributed by atoms with Crippen molar-refractivity contribution in [3.8, 4) is 0 Å². The highest BCUT2D eigenvalue weighted by atomic mass is 19.1. The smallest absolute Gasteiger partial charge is 0.404 e. The monoisotopic (exact) mass is 326 g/mol. The lowest BCUT2D eigenvalue weighted by atomic mass is 10.2. The topological polar surface area (TPSA) is 125 Å². The fourth-order valence-corrected chi connectivity index (χ4v) is 2.57. The molecule has 1 atom stereocenters. The predicted octanol–water partition coefficient (Wildman–Crippen LogP) is 1.54. The number of halogens is 1. The van der Waals surface area contributed by atoms with Crippen LogP contribution in [0.25, 0.3) is 0 Å². The average molecular weight is 326 g/mol. The first-order valence-electron chi connectivity index (χ1n) is 6.78. The zero-order valence-corrected chi connectivity index (χ0v) is 12.2. The van der Waals surface area contributed by atoms with Gasteiger partial charge in [0, 0.05) is 26.1 Å². The van der Waals surface area contributed by atoms with Crippen molar-refractivity contribution in [2.45, 2.75) is 19.4 Å². The van der Waals surface area contributed by atoms with Gasteiger partial charge in [-0.2, -0.15) is 0 Å². The van der Waals surface area contributed by atoms with E-state index in [1.54, 1.807) is 0 Å². The minimum Gasteiger partial charge on any atom is -0.465 e. The van der Waals surface area contributed by atoms with Crippen LogP contribution in [0, 0.1) is 15.9 Å². The highest BCUT2D eigenvalue weighted by Crippen LogP contribution is 2.39. The molecule has 0 aliphatic carbocycles. The maximum atomic E-state index is 14.0. The molecule has 1 unspecified atom stereocenters. The summed E-state index contributed by atoms with van der Waals surface area (Å²) in [5.41, 5.74) is -0.686. The summed E-state index contributed by atoms with van der Waals surface area (Å²) in [5, 5.41) is 24.5. The molecule has 2 rings (SSSR count). The second-order valence-electron chi connectivity index (χ2n) is 5.11. The number of nitrogens with zero attached hydrogens (tertiary/aromatic N) is 2. The van der Waals surface area contributed by atoms with Crippen LogP contribution in [0.1, 0.15) is 13.3 Å². The number of anilines is 2. The number of benzene rings is 1. The molecule has 1 heterocycles. The summed E-state index contributed by atoms with van der Waals surface area (Å²) in [4.78, 5) is 34.0. The van der Waals surface area contributed by atoms with E-state index >= 15 is 0 Å². The van der Waals surface area contributed by atoms with Crippen LogP contribution in [0.4, 0.5) is 26.2 Å². The molecule has 0 bridgehead atoms. The lowest BCUT2D eigenvalue weighted by Crippen LogP contribution is -2.36. The molecule has 9 nitrogen and oxygen atoms in total. The molecule has 124 valence electrons. The van der Waals surface area contributed by atoms with Gasteiger partial charge in [0.05, 0.1) is 11.0 Å². The van der Waals surface area contributed by atoms with Gasteiger partial charge in [-0.05, 0) is 12.5 Å². The number of nitro groups is 1. The summed E-state index contributed by atoms with van der Waals surface area (Å²) in [6, 6.07) is 1.50. The molecule has 10 heteroatoms. The number of hydrogen-bond acceptors (Lipinski definition) is 5. The molecule has 1 aromatic rings. The number of nitrogens with one attached hydrogen (secondary N) is 2. The Hall–Kier alpha value is -2.91. The fourth-order valence-electron chi connectivity index (χ4n) is 2.57. The summed E-state index contributed by atoms with van der Waals surface area (Å²) in [7, 11) is 0. The summed E-state index contributed by atoms with van der Waals surface area (Å²) in [6.07, 6.45) is -0.785. The molecule has 0 spiro atoms. The molecule has 0 aromatic heterocycles. The molecule has 1 aromatic carbocycles. The molecule has 1 saturated heterocycles. The van der Waals surface area contributed by atoms with Gasteiger partial charge in [-0.25, -0.2) is 9.18 Å². The summed E-state index contributed by atoms with van der Waals surface area (Å²) < 4.78 is 14.0. The van der Waals surface area contributed by atoms with E-state index in [0.717, 1.165) is 12.1 Å². The largest absolute Gasteiger partial charge is 0.465 e. The molecule has 1 aliphatic heterocycles. The van der Waals surface area contributed by atoms with Crippen LogP contribution in [0.3, 0.4) is 0 Å². The lowest BCUT2D eigenvalue weighted by Gasteiger charge is -2.22. The third-order valence-electron chi connectivity index (χ3n) is 3.44. The lowest BCUT2D eigenvalue weighted by molar-refractivity contribution is -0.384. The Kier molecular flexibility index (Phi) is 4.63. The van der Waals surface area contributed by atoms with E-state index < -0.39 is 28.8 Å². The summed E-state index contributed by atoms with van der Waals surface area (Å²) in [6.45, 7) is 1.60. The molecular formula is C13H15FN4O5. The van der Waals surface area contributed by atoms with Crippen molar-refractivity contribution in [1.29, 1.82) is 0 Å². The van der Waals surface area contributed by atoms with Crippen LogP contribution in [0.5, 0.6) is 0 Å². The van der Waals surface area contributed by atoms with Gasteiger partial charge in [0.2, 0.25) is 5.91 Å². The predicted molar refractivity (Wildman–Crippen MR) is 79.1 cm³/mol. The maximum absolute atomic E-state index is 14.0. The van der Waals surface area contributed by atoms with Gasteiger partial charge in [0.25, 0.3) is 5.69 Å². The van der Waals surface area contributed by atoms with Gasteiger partial charge < -0.3 is 20.6 Å². The van der Waals surface area contributed by atoms with Crippen molar-refractivity contribution >= 4 is 29.1 Å². The Bertz CT molecular complexity index is 666. The Morgan fingerprint density at radius 1 is 1.48 bits per heavy atom. The Morgan fingerprint density at radius 3 is 2.74 bits per heavy atom. The highest BCUT2D eigenvalue weighted by Gasteiger charge is 2.32. The third-order valence-corrected chi connectivity index (χ3v) is 3.44. The Balaban J connectivity index is 2.42. The van der Waals surface area contributed by atoms with E-state index in [1.807, 2.05) is 0 Å². The van der Waals surface area contributed by atoms with Crippen LogP contribution in [0.2, 0.25) is 0 Å². The average Bonchev–Trinajstić information content (AvgIpc) is 2.87. The van der Waals surface area contributed by atoms with Gasteiger partial charge in [-0.3, -0.25) is 14.9 Å². The van der Waals surface area contributed by atoms with E-state index in [2.05, 4.69) is 10.6 Å². The van der Waals surface area contributed by atoms with Crippen molar-refractivity contribution in [1.82, 2.24) is 5.32 Å². The van der Waals surface area contributed by atoms with E-state index in [4.69, 9.17) is 5.11 Å². The van der Waals surface area contributed by atoms with Gasteiger partial charge in [-0.1, -0.05) is 0 Å². The minimum atomic E-state index is -1.20. The van der Waals surface area contributed by atoms with Crippen molar-refractivity contribution < 1.29 is 24.0 Å². The van der Waals surface area contributed by atoms with Crippen molar-refractivity contribution in [2.75, 3.05) is 23.3 Å². The van der Waals surface area contributed by atoms with Crippen molar-refractivity contribution in [3.05, 3.63) is 28.1 Å². The van der Waals surface area contributed by atoms with Crippen LogP contribution in [-0.4, -0.2) is 41.2 Å². The standard InChI is InChI=1S/C13H15FN4O5/c1-7(19)15-11-9(14)2-3-10(18(22)23)12(11)17-5-4-8(6-17)16-13(20)21/h2-3,8,16H,4-6H2,1H3,(H,15,19)(H,20,21). The number of hydrogen-bond donors (Lipinski definition) is 3. The second kappa shape index (κ2) is 6.46. The number of amides is 2. The van der Waals surface area contributed by atoms with Gasteiger partial charge in [0.15, 0.2) is 0 Å². The molecule has 3 N–H and O–H groups in total. The highest BCUT2D eigenvalue weighted by molar-refractivity contribution is 5.95. The minimum absolute atomic E-state index is 0.0557. The molecule has 0 saturated carbocycles. The number of nitro benzene ring substituents is 1. The normalized spacial score (nSPS) is 17.0. The summed E-state index contributed by atoms with van der Waals surface area (Å²) >= 11 is 0. The first-order chi connectivity index (χ1) is 10.8. The van der Waals surface area contributed by atoms with Gasteiger partial charge >= 0.3 is 6.09 Å². The molecular weight excluding hydrogens is 311 g/mol. The van der Waals surface area contributed by atoms with Crippen LogP contribution >= 0.6 is 0 Å². The molecule has 0 radical (unpaired) electrons. The van der Waals surface area contributed by atoms with E-state index in [9.17, 15) is 24.1 Å². The quantitative estimate of drug-likeness (QED) is 0.569. The van der Waals surface area contributed by atoms with Crippen LogP contribution in [-0.2, 0) is 4.79 Å². The van der Waals surface area contributed by atoms with Gasteiger partial charge in [0.1, 0.15) is 17.2 Å². The Labute approximate surface area is 130 Å². The SMILES string of the molecule is CC(=O)Nc1c(F)ccc([N+](=O)[O-])c1N1CCC(NC(=O)O)C1. The summed E-state index contributed by atoms with van der Waals surface area (Å²) in [5.74, 6) is -1.36. The zero-order chi connectivity index (χ0) is 17.1. The molecule has 23 heavy (non-hydrogen) atoms. The maximum Gasteiger partial charge on any atom is 0.404 e. The number of rotatable bonds is 4.